The summed E-state index contributed by atoms with van der Waals surface area (Å²) in [6.45, 7) is 2.13. The van der Waals surface area contributed by atoms with E-state index >= 15 is 0 Å². The fourth-order valence-corrected chi connectivity index (χ4v) is 6.31. The second-order valence-electron chi connectivity index (χ2n) is 8.18. The fourth-order valence-electron chi connectivity index (χ4n) is 4.02. The molecular weight excluding hydrogens is 508 g/mol. The summed E-state index contributed by atoms with van der Waals surface area (Å²) in [5.74, 6) is -0.811. The molecule has 0 saturated carbocycles. The fraction of sp³-hybridized carbons (Fsp3) is 0.280. The number of hydrogen-bond donors (Lipinski definition) is 1. The molecular formula is C25H25ClN2O5S2. The van der Waals surface area contributed by atoms with Gasteiger partial charge in [0, 0.05) is 15.5 Å². The first-order valence-electron chi connectivity index (χ1n) is 11.1. The maximum absolute atomic E-state index is 13.0. The predicted molar refractivity (Wildman–Crippen MR) is 139 cm³/mol. The highest BCUT2D eigenvalue weighted by molar-refractivity contribution is 7.92. The normalized spacial score (nSPS) is 12.8. The number of esters is 1. The number of sulfonamides is 1. The minimum absolute atomic E-state index is 0.130. The van der Waals surface area contributed by atoms with Crippen LogP contribution < -0.4 is 9.62 Å². The van der Waals surface area contributed by atoms with Crippen molar-refractivity contribution in [2.45, 2.75) is 32.7 Å². The highest BCUT2D eigenvalue weighted by Gasteiger charge is 2.28. The average molecular weight is 533 g/mol. The standard InChI is InChI=1S/C25H25ClN2O5S2/c1-3-33-25(30)22-20-5-4-6-21(20)34-24(22)27-23(29)17-9-13-19(14-10-17)28(35(2,31)32)15-16-7-11-18(26)12-8-16/h7-14H,3-6,15H2,1-2H3,(H,27,29). The lowest BCUT2D eigenvalue weighted by Gasteiger charge is -2.23. The van der Waals surface area contributed by atoms with Crippen molar-refractivity contribution in [3.05, 3.63) is 80.7 Å². The Morgan fingerprint density at radius 2 is 1.77 bits per heavy atom. The predicted octanol–water partition coefficient (Wildman–Crippen LogP) is 5.29. The number of aryl methyl sites for hydroxylation is 1. The molecule has 1 heterocycles. The third-order valence-corrected chi connectivity index (χ3v) is 8.28. The van der Waals surface area contributed by atoms with E-state index in [1.807, 2.05) is 0 Å². The highest BCUT2D eigenvalue weighted by Crippen LogP contribution is 2.39. The van der Waals surface area contributed by atoms with Gasteiger partial charge in [-0.05, 0) is 73.7 Å². The van der Waals surface area contributed by atoms with Crippen LogP contribution in [0, 0.1) is 0 Å². The van der Waals surface area contributed by atoms with Crippen LogP contribution in [-0.4, -0.2) is 33.2 Å². The molecule has 0 atom stereocenters. The van der Waals surface area contributed by atoms with Gasteiger partial charge in [0.25, 0.3) is 5.91 Å². The lowest BCUT2D eigenvalue weighted by atomic mass is 10.1. The van der Waals surface area contributed by atoms with E-state index in [0.717, 1.165) is 41.5 Å². The Balaban J connectivity index is 1.55. The Morgan fingerprint density at radius 3 is 2.40 bits per heavy atom. The largest absolute Gasteiger partial charge is 0.462 e. The molecule has 7 nitrogen and oxygen atoms in total. The van der Waals surface area contributed by atoms with Gasteiger partial charge < -0.3 is 10.1 Å². The number of nitrogens with one attached hydrogen (secondary N) is 1. The van der Waals surface area contributed by atoms with Crippen LogP contribution in [0.2, 0.25) is 5.02 Å². The van der Waals surface area contributed by atoms with Gasteiger partial charge in [0.15, 0.2) is 0 Å². The summed E-state index contributed by atoms with van der Waals surface area (Å²) in [6.07, 6.45) is 3.79. The zero-order valence-corrected chi connectivity index (χ0v) is 21.7. The molecule has 0 aliphatic heterocycles. The van der Waals surface area contributed by atoms with E-state index in [1.165, 1.54) is 15.6 Å². The van der Waals surface area contributed by atoms with E-state index in [-0.39, 0.29) is 19.1 Å². The number of rotatable bonds is 8. The number of anilines is 2. The number of ether oxygens (including phenoxy) is 1. The van der Waals surface area contributed by atoms with Gasteiger partial charge in [0.2, 0.25) is 10.0 Å². The van der Waals surface area contributed by atoms with Crippen LogP contribution in [-0.2, 0) is 34.1 Å². The van der Waals surface area contributed by atoms with E-state index in [1.54, 1.807) is 55.5 Å². The molecule has 0 bridgehead atoms. The number of amides is 1. The summed E-state index contributed by atoms with van der Waals surface area (Å²) in [4.78, 5) is 26.6. The first kappa shape index (κ1) is 25.2. The first-order chi connectivity index (χ1) is 16.7. The van der Waals surface area contributed by atoms with Gasteiger partial charge in [0.05, 0.1) is 30.7 Å². The summed E-state index contributed by atoms with van der Waals surface area (Å²) >= 11 is 7.34. The van der Waals surface area contributed by atoms with Gasteiger partial charge in [-0.3, -0.25) is 9.10 Å². The molecule has 0 unspecified atom stereocenters. The number of benzene rings is 2. The quantitative estimate of drug-likeness (QED) is 0.398. The maximum atomic E-state index is 13.0. The Bertz CT molecular complexity index is 1350. The lowest BCUT2D eigenvalue weighted by Crippen LogP contribution is -2.29. The third kappa shape index (κ3) is 5.69. The molecule has 2 aromatic carbocycles. The average Bonchev–Trinajstić information content (AvgIpc) is 3.39. The van der Waals surface area contributed by atoms with Gasteiger partial charge in [0.1, 0.15) is 5.00 Å². The number of halogens is 1. The summed E-state index contributed by atoms with van der Waals surface area (Å²) in [5.41, 5.74) is 2.96. The second-order valence-corrected chi connectivity index (χ2v) is 11.6. The Hall–Kier alpha value is -2.88. The van der Waals surface area contributed by atoms with Crippen molar-refractivity contribution < 1.29 is 22.7 Å². The van der Waals surface area contributed by atoms with Gasteiger partial charge in [-0.1, -0.05) is 23.7 Å². The number of nitrogens with zero attached hydrogens (tertiary/aromatic N) is 1. The molecule has 1 N–H and O–H groups in total. The number of hydrogen-bond acceptors (Lipinski definition) is 6. The van der Waals surface area contributed by atoms with Crippen molar-refractivity contribution in [3.63, 3.8) is 0 Å². The van der Waals surface area contributed by atoms with Crippen LogP contribution >= 0.6 is 22.9 Å². The molecule has 3 aromatic rings. The van der Waals surface area contributed by atoms with E-state index in [0.29, 0.717) is 26.8 Å². The molecule has 35 heavy (non-hydrogen) atoms. The first-order valence-corrected chi connectivity index (χ1v) is 14.2. The number of carbonyl (C=O) groups is 2. The lowest BCUT2D eigenvalue weighted by molar-refractivity contribution is 0.0527. The van der Waals surface area contributed by atoms with Crippen molar-refractivity contribution in [2.75, 3.05) is 22.5 Å². The molecule has 184 valence electrons. The van der Waals surface area contributed by atoms with Gasteiger partial charge >= 0.3 is 5.97 Å². The monoisotopic (exact) mass is 532 g/mol. The molecule has 0 radical (unpaired) electrons. The molecule has 4 rings (SSSR count). The molecule has 1 aliphatic rings. The molecule has 0 spiro atoms. The van der Waals surface area contributed by atoms with Crippen molar-refractivity contribution in [2.24, 2.45) is 0 Å². The van der Waals surface area contributed by atoms with Crippen molar-refractivity contribution in [3.8, 4) is 0 Å². The summed E-state index contributed by atoms with van der Waals surface area (Å²) in [5, 5.41) is 3.91. The van der Waals surface area contributed by atoms with E-state index in [2.05, 4.69) is 5.32 Å². The SMILES string of the molecule is CCOC(=O)c1c(NC(=O)c2ccc(N(Cc3ccc(Cl)cc3)S(C)(=O)=O)cc2)sc2c1CCC2. The Labute approximate surface area is 213 Å². The van der Waals surface area contributed by atoms with Crippen LogP contribution in [0.15, 0.2) is 48.5 Å². The zero-order valence-electron chi connectivity index (χ0n) is 19.3. The molecule has 1 aliphatic carbocycles. The van der Waals surface area contributed by atoms with Crippen LogP contribution in [0.1, 0.15) is 50.1 Å². The van der Waals surface area contributed by atoms with Crippen LogP contribution in [0.25, 0.3) is 0 Å². The molecule has 0 fully saturated rings. The van der Waals surface area contributed by atoms with Crippen molar-refractivity contribution in [1.82, 2.24) is 0 Å². The highest BCUT2D eigenvalue weighted by atomic mass is 35.5. The smallest absolute Gasteiger partial charge is 0.341 e. The summed E-state index contributed by atoms with van der Waals surface area (Å²) in [7, 11) is -3.58. The number of fused-ring (bicyclic) bond motifs is 1. The number of carbonyl (C=O) groups excluding carboxylic acids is 2. The zero-order chi connectivity index (χ0) is 25.2. The van der Waals surface area contributed by atoms with Gasteiger partial charge in [-0.25, -0.2) is 13.2 Å². The Morgan fingerprint density at radius 1 is 1.09 bits per heavy atom. The molecule has 10 heteroatoms. The van der Waals surface area contributed by atoms with E-state index < -0.39 is 16.0 Å². The molecule has 1 amide bonds. The van der Waals surface area contributed by atoms with Crippen LogP contribution in [0.4, 0.5) is 10.7 Å². The Kier molecular flexibility index (Phi) is 7.49. The van der Waals surface area contributed by atoms with Crippen molar-refractivity contribution in [1.29, 1.82) is 0 Å². The minimum Gasteiger partial charge on any atom is -0.462 e. The summed E-state index contributed by atoms with van der Waals surface area (Å²) < 4.78 is 31.4. The minimum atomic E-state index is -3.58. The van der Waals surface area contributed by atoms with Gasteiger partial charge in [-0.15, -0.1) is 11.3 Å². The maximum Gasteiger partial charge on any atom is 0.341 e. The van der Waals surface area contributed by atoms with Gasteiger partial charge in [-0.2, -0.15) is 0 Å². The van der Waals surface area contributed by atoms with Crippen LogP contribution in [0.5, 0.6) is 0 Å². The number of thiophene rings is 1. The molecule has 1 aromatic heterocycles. The third-order valence-electron chi connectivity index (χ3n) is 5.69. The van der Waals surface area contributed by atoms with Crippen LogP contribution in [0.3, 0.4) is 0 Å². The van der Waals surface area contributed by atoms with E-state index in [4.69, 9.17) is 16.3 Å². The summed E-state index contributed by atoms with van der Waals surface area (Å²) in [6, 6.07) is 13.3. The second kappa shape index (κ2) is 10.4. The molecule has 0 saturated heterocycles. The van der Waals surface area contributed by atoms with E-state index in [9.17, 15) is 18.0 Å². The van der Waals surface area contributed by atoms with Crippen molar-refractivity contribution >= 4 is 55.5 Å². The topological polar surface area (TPSA) is 92.8 Å².